The van der Waals surface area contributed by atoms with Gasteiger partial charge in [0.15, 0.2) is 0 Å². The number of anilines is 2. The van der Waals surface area contributed by atoms with Crippen molar-refractivity contribution in [2.45, 2.75) is 38.5 Å². The lowest BCUT2D eigenvalue weighted by Crippen LogP contribution is -2.29. The van der Waals surface area contributed by atoms with Crippen molar-refractivity contribution >= 4 is 29.2 Å². The second-order valence-electron chi connectivity index (χ2n) is 5.85. The predicted molar refractivity (Wildman–Crippen MR) is 92.7 cm³/mol. The molecule has 2 rings (SSSR count). The van der Waals surface area contributed by atoms with E-state index in [1.165, 1.54) is 0 Å². The highest BCUT2D eigenvalue weighted by Gasteiger charge is 2.21. The summed E-state index contributed by atoms with van der Waals surface area (Å²) in [7, 11) is 0. The maximum absolute atomic E-state index is 12.0. The lowest BCUT2D eigenvalue weighted by Gasteiger charge is -2.16. The van der Waals surface area contributed by atoms with Crippen LogP contribution in [-0.4, -0.2) is 30.9 Å². The third-order valence-electron chi connectivity index (χ3n) is 3.89. The molecule has 1 heterocycles. The Morgan fingerprint density at radius 2 is 2.04 bits per heavy atom. The molecule has 1 aliphatic heterocycles. The summed E-state index contributed by atoms with van der Waals surface area (Å²) in [6.07, 6.45) is 4.26. The van der Waals surface area contributed by atoms with Gasteiger partial charge in [-0.1, -0.05) is 12.5 Å². The second kappa shape index (κ2) is 8.90. The molecule has 0 saturated carbocycles. The summed E-state index contributed by atoms with van der Waals surface area (Å²) in [4.78, 5) is 36.0. The molecule has 0 bridgehead atoms. The number of benzene rings is 1. The first-order chi connectivity index (χ1) is 11.6. The number of primary amides is 1. The maximum Gasteiger partial charge on any atom is 0.312 e. The maximum atomic E-state index is 12.0. The number of carbonyl (C=O) groups excluding carboxylic acids is 3. The van der Waals surface area contributed by atoms with E-state index in [-0.39, 0.29) is 11.8 Å². The molecule has 0 spiro atoms. The van der Waals surface area contributed by atoms with E-state index in [9.17, 15) is 14.4 Å². The van der Waals surface area contributed by atoms with Crippen molar-refractivity contribution in [2.24, 2.45) is 5.73 Å². The second-order valence-corrected chi connectivity index (χ2v) is 5.85. The highest BCUT2D eigenvalue weighted by Crippen LogP contribution is 2.24. The molecule has 4 amide bonds. The molecule has 130 valence electrons. The van der Waals surface area contributed by atoms with Gasteiger partial charge in [0.2, 0.25) is 11.8 Å². The van der Waals surface area contributed by atoms with E-state index >= 15 is 0 Å². The first-order valence-corrected chi connectivity index (χ1v) is 8.30. The van der Waals surface area contributed by atoms with Gasteiger partial charge in [-0.25, -0.2) is 4.79 Å². The van der Waals surface area contributed by atoms with Crippen LogP contribution in [0.25, 0.3) is 0 Å². The molecule has 1 aliphatic rings. The van der Waals surface area contributed by atoms with Crippen molar-refractivity contribution < 1.29 is 14.4 Å². The molecule has 1 aromatic rings. The van der Waals surface area contributed by atoms with Gasteiger partial charge in [-0.3, -0.25) is 9.59 Å². The minimum absolute atomic E-state index is 0.0530. The fourth-order valence-electron chi connectivity index (χ4n) is 2.70. The summed E-state index contributed by atoms with van der Waals surface area (Å²) in [6, 6.07) is 6.84. The van der Waals surface area contributed by atoms with Crippen molar-refractivity contribution in [1.82, 2.24) is 5.32 Å². The summed E-state index contributed by atoms with van der Waals surface area (Å²) in [5.74, 6) is 0.0748. The van der Waals surface area contributed by atoms with Crippen molar-refractivity contribution in [3.63, 3.8) is 0 Å². The summed E-state index contributed by atoms with van der Waals surface area (Å²) < 4.78 is 0. The highest BCUT2D eigenvalue weighted by atomic mass is 16.2. The number of hydrogen-bond donors (Lipinski definition) is 3. The number of amides is 4. The van der Waals surface area contributed by atoms with Crippen molar-refractivity contribution in [1.29, 1.82) is 0 Å². The zero-order chi connectivity index (χ0) is 17.4. The fraction of sp³-hybridized carbons (Fsp3) is 0.471. The van der Waals surface area contributed by atoms with Crippen molar-refractivity contribution in [3.05, 3.63) is 24.3 Å². The van der Waals surface area contributed by atoms with Gasteiger partial charge in [0.25, 0.3) is 0 Å². The van der Waals surface area contributed by atoms with E-state index in [2.05, 4.69) is 10.6 Å². The smallest absolute Gasteiger partial charge is 0.312 e. The Hall–Kier alpha value is -2.57. The van der Waals surface area contributed by atoms with Crippen molar-refractivity contribution in [3.8, 4) is 0 Å². The van der Waals surface area contributed by atoms with E-state index in [0.717, 1.165) is 37.9 Å². The van der Waals surface area contributed by atoms with Crippen molar-refractivity contribution in [2.75, 3.05) is 23.3 Å². The van der Waals surface area contributed by atoms with E-state index in [4.69, 9.17) is 5.73 Å². The van der Waals surface area contributed by atoms with Crippen LogP contribution in [0.5, 0.6) is 0 Å². The normalized spacial score (nSPS) is 13.8. The first-order valence-electron chi connectivity index (χ1n) is 8.30. The molecule has 7 heteroatoms. The van der Waals surface area contributed by atoms with Crippen LogP contribution >= 0.6 is 0 Å². The Morgan fingerprint density at radius 1 is 1.21 bits per heavy atom. The summed E-state index contributed by atoms with van der Waals surface area (Å²) in [5.41, 5.74) is 6.50. The highest BCUT2D eigenvalue weighted by molar-refractivity contribution is 5.97. The van der Waals surface area contributed by atoms with E-state index in [1.54, 1.807) is 4.90 Å². The van der Waals surface area contributed by atoms with Crippen LogP contribution in [0.15, 0.2) is 24.3 Å². The Balaban J connectivity index is 1.73. The average Bonchev–Trinajstić information content (AvgIpc) is 2.97. The number of carbonyl (C=O) groups is 3. The van der Waals surface area contributed by atoms with E-state index in [1.807, 2.05) is 24.3 Å². The summed E-state index contributed by atoms with van der Waals surface area (Å²) in [6.45, 7) is 1.26. The number of urea groups is 1. The lowest BCUT2D eigenvalue weighted by atomic mass is 10.2. The topological polar surface area (TPSA) is 105 Å². The Labute approximate surface area is 141 Å². The molecule has 1 aromatic carbocycles. The number of hydrogen-bond acceptors (Lipinski definition) is 3. The van der Waals surface area contributed by atoms with Crippen LogP contribution in [0.1, 0.15) is 38.5 Å². The zero-order valence-electron chi connectivity index (χ0n) is 13.7. The summed E-state index contributed by atoms with van der Waals surface area (Å²) >= 11 is 0. The molecule has 0 unspecified atom stereocenters. The number of nitrogens with zero attached hydrogens (tertiary/aromatic N) is 1. The Morgan fingerprint density at radius 3 is 2.75 bits per heavy atom. The molecule has 0 aliphatic carbocycles. The molecule has 0 radical (unpaired) electrons. The third-order valence-corrected chi connectivity index (χ3v) is 3.89. The minimum atomic E-state index is -0.524. The molecule has 1 saturated heterocycles. The van der Waals surface area contributed by atoms with Crippen LogP contribution in [0.3, 0.4) is 0 Å². The standard InChI is InChI=1S/C17H24N4O3/c18-17(24)19-10-3-1-2-8-15(22)20-13-6-4-7-14(12-13)21-11-5-9-16(21)23/h4,6-7,12H,1-3,5,8-11H2,(H,20,22)(H3,18,19,24). The van der Waals surface area contributed by atoms with Gasteiger partial charge in [0.1, 0.15) is 0 Å². The average molecular weight is 332 g/mol. The van der Waals surface area contributed by atoms with Gasteiger partial charge in [0, 0.05) is 37.3 Å². The van der Waals surface area contributed by atoms with Gasteiger partial charge < -0.3 is 21.3 Å². The Bertz CT molecular complexity index is 603. The van der Waals surface area contributed by atoms with Gasteiger partial charge >= 0.3 is 6.03 Å². The number of nitrogens with two attached hydrogens (primary N) is 1. The van der Waals surface area contributed by atoms with Gasteiger partial charge in [-0.15, -0.1) is 0 Å². The molecule has 4 N–H and O–H groups in total. The van der Waals surface area contributed by atoms with E-state index in [0.29, 0.717) is 25.1 Å². The minimum Gasteiger partial charge on any atom is -0.352 e. The zero-order valence-corrected chi connectivity index (χ0v) is 13.7. The third kappa shape index (κ3) is 5.57. The molecular weight excluding hydrogens is 308 g/mol. The first kappa shape index (κ1) is 17.8. The number of rotatable bonds is 8. The molecule has 7 nitrogen and oxygen atoms in total. The number of unbranched alkanes of at least 4 members (excludes halogenated alkanes) is 2. The monoisotopic (exact) mass is 332 g/mol. The quantitative estimate of drug-likeness (QED) is 0.634. The van der Waals surface area contributed by atoms with E-state index < -0.39 is 6.03 Å². The molecule has 0 aromatic heterocycles. The van der Waals surface area contributed by atoms with Crippen LogP contribution < -0.4 is 21.3 Å². The Kier molecular flexibility index (Phi) is 6.60. The predicted octanol–water partition coefficient (Wildman–Crippen LogP) is 1.98. The molecule has 0 atom stereocenters. The SMILES string of the molecule is NC(=O)NCCCCCC(=O)Nc1cccc(N2CCCC2=O)c1. The van der Waals surface area contributed by atoms with Gasteiger partial charge in [0.05, 0.1) is 0 Å². The summed E-state index contributed by atoms with van der Waals surface area (Å²) in [5, 5.41) is 5.38. The van der Waals surface area contributed by atoms with Crippen LogP contribution in [0.2, 0.25) is 0 Å². The molecule has 24 heavy (non-hydrogen) atoms. The van der Waals surface area contributed by atoms with Gasteiger partial charge in [-0.05, 0) is 37.5 Å². The lowest BCUT2D eigenvalue weighted by molar-refractivity contribution is -0.117. The molecule has 1 fully saturated rings. The fourth-order valence-corrected chi connectivity index (χ4v) is 2.70. The van der Waals surface area contributed by atoms with Crippen LogP contribution in [0, 0.1) is 0 Å². The largest absolute Gasteiger partial charge is 0.352 e. The molecular formula is C17H24N4O3. The van der Waals surface area contributed by atoms with Crippen LogP contribution in [0.4, 0.5) is 16.2 Å². The van der Waals surface area contributed by atoms with Crippen LogP contribution in [-0.2, 0) is 9.59 Å². The van der Waals surface area contributed by atoms with Gasteiger partial charge in [-0.2, -0.15) is 0 Å². The number of nitrogens with one attached hydrogen (secondary N) is 2.